The molecule has 1 saturated heterocycles. The van der Waals surface area contributed by atoms with Crippen LogP contribution in [-0.2, 0) is 11.3 Å². The van der Waals surface area contributed by atoms with E-state index in [4.69, 9.17) is 18.3 Å². The van der Waals surface area contributed by atoms with E-state index in [1.807, 2.05) is 0 Å². The quantitative estimate of drug-likeness (QED) is 0.288. The molecule has 0 bridgehead atoms. The van der Waals surface area contributed by atoms with Crippen molar-refractivity contribution in [3.63, 3.8) is 0 Å². The van der Waals surface area contributed by atoms with Crippen LogP contribution in [0.1, 0.15) is 28.4 Å². The fraction of sp³-hybridized carbons (Fsp3) is 0.304. The van der Waals surface area contributed by atoms with Gasteiger partial charge in [-0.2, -0.15) is 0 Å². The highest BCUT2D eigenvalue weighted by Gasteiger charge is 2.32. The number of ether oxygens (including phenoxy) is 1. The fourth-order valence-electron chi connectivity index (χ4n) is 4.21. The van der Waals surface area contributed by atoms with Gasteiger partial charge in [-0.25, -0.2) is 13.6 Å². The zero-order valence-corrected chi connectivity index (χ0v) is 18.6. The van der Waals surface area contributed by atoms with Crippen LogP contribution in [0.4, 0.5) is 20.2 Å². The summed E-state index contributed by atoms with van der Waals surface area (Å²) in [7, 11) is 6.39. The monoisotopic (exact) mass is 469 g/mol. The lowest BCUT2D eigenvalue weighted by Crippen LogP contribution is -2.53. The number of anilines is 2. The number of carbonyl (C=O) groups is 1. The van der Waals surface area contributed by atoms with Gasteiger partial charge < -0.3 is 30.2 Å². The molecule has 4 rings (SSSR count). The number of hydrogen-bond acceptors (Lipinski definition) is 7. The first-order valence-electron chi connectivity index (χ1n) is 10.6. The molecule has 0 atom stereocenters. The lowest BCUT2D eigenvalue weighted by atomic mass is 9.86. The van der Waals surface area contributed by atoms with Gasteiger partial charge in [-0.3, -0.25) is 4.79 Å². The second-order valence-corrected chi connectivity index (χ2v) is 8.11. The summed E-state index contributed by atoms with van der Waals surface area (Å²) >= 11 is 0. The number of pyridine rings is 1. The summed E-state index contributed by atoms with van der Waals surface area (Å²) in [6.07, 6.45) is 0.512. The van der Waals surface area contributed by atoms with Crippen molar-refractivity contribution in [3.05, 3.63) is 56.9 Å². The number of esters is 1. The summed E-state index contributed by atoms with van der Waals surface area (Å²) in [5.74, 6) is -2.46. The molecule has 0 amide bonds. The summed E-state index contributed by atoms with van der Waals surface area (Å²) in [5, 5.41) is 19.4. The van der Waals surface area contributed by atoms with Crippen LogP contribution in [-0.4, -0.2) is 54.4 Å². The van der Waals surface area contributed by atoms with Crippen molar-refractivity contribution in [3.8, 4) is 5.69 Å². The Bertz CT molecular complexity index is 1390. The molecule has 2 radical (unpaired) electrons. The minimum atomic E-state index is -0.933. The van der Waals surface area contributed by atoms with Crippen molar-refractivity contribution in [2.75, 3.05) is 30.3 Å². The summed E-state index contributed by atoms with van der Waals surface area (Å²) in [5.41, 5.74) is 4.43. The number of fused-ring (bicyclic) bond motifs is 1. The average molecular weight is 469 g/mol. The first-order valence-corrected chi connectivity index (χ1v) is 10.6. The largest absolute Gasteiger partial charge is 0.462 e. The average Bonchev–Trinajstić information content (AvgIpc) is 2.77. The molecule has 176 valence electrons. The van der Waals surface area contributed by atoms with E-state index < -0.39 is 41.3 Å². The molecule has 3 aromatic rings. The van der Waals surface area contributed by atoms with Gasteiger partial charge in [0.25, 0.3) is 0 Å². The van der Waals surface area contributed by atoms with Crippen molar-refractivity contribution in [2.45, 2.75) is 26.6 Å². The number of nitrogens with zero attached hydrogens (tertiary/aromatic N) is 2. The Hall–Kier alpha value is -3.44. The summed E-state index contributed by atoms with van der Waals surface area (Å²) in [6.45, 7) is 2.63. The van der Waals surface area contributed by atoms with Gasteiger partial charge in [-0.05, 0) is 31.4 Å². The fourth-order valence-corrected chi connectivity index (χ4v) is 4.21. The normalized spacial score (nSPS) is 13.9. The van der Waals surface area contributed by atoms with Gasteiger partial charge in [0.15, 0.2) is 0 Å². The van der Waals surface area contributed by atoms with Crippen LogP contribution in [0.15, 0.2) is 23.1 Å². The third-order valence-corrected chi connectivity index (χ3v) is 5.93. The van der Waals surface area contributed by atoms with Crippen LogP contribution in [0.25, 0.3) is 16.6 Å². The van der Waals surface area contributed by atoms with Gasteiger partial charge in [0.2, 0.25) is 5.43 Å². The van der Waals surface area contributed by atoms with Crippen LogP contribution in [0, 0.1) is 18.6 Å². The number of nitrogen functional groups attached to an aromatic ring is 1. The molecule has 8 nitrogen and oxygen atoms in total. The van der Waals surface area contributed by atoms with Gasteiger partial charge in [-0.15, -0.1) is 0 Å². The molecule has 0 spiro atoms. The second-order valence-electron chi connectivity index (χ2n) is 8.11. The highest BCUT2D eigenvalue weighted by Crippen LogP contribution is 2.32. The van der Waals surface area contributed by atoms with Crippen molar-refractivity contribution in [1.29, 1.82) is 0 Å². The van der Waals surface area contributed by atoms with Gasteiger partial charge in [-0.1, -0.05) is 0 Å². The SMILES string of the molecule is [B]c1c(N2CC(O)C2)c(F)c(C)c2c(=O)c(C(=O)OCC)cn(-c3cc(N)c(F)cc3CO)c12. The second kappa shape index (κ2) is 8.73. The van der Waals surface area contributed by atoms with Gasteiger partial charge in [0.05, 0.1) is 47.3 Å². The van der Waals surface area contributed by atoms with E-state index >= 15 is 4.39 Å². The molecule has 1 aliphatic rings. The van der Waals surface area contributed by atoms with Gasteiger partial charge >= 0.3 is 5.97 Å². The predicted molar refractivity (Wildman–Crippen MR) is 124 cm³/mol. The van der Waals surface area contributed by atoms with E-state index in [1.165, 1.54) is 22.5 Å². The summed E-state index contributed by atoms with van der Waals surface area (Å²) in [6, 6.07) is 2.25. The standard InChI is InChI=1S/C23H22BF2N3O5/c1-3-34-23(33)13-8-29(16-5-15(27)14(25)4-11(16)9-30)20-17(22(13)32)10(2)19(26)21(18(20)24)28-6-12(31)7-28/h4-5,8,12,30-31H,3,6-7,9,27H2,1-2H3. The molecule has 0 saturated carbocycles. The first-order chi connectivity index (χ1) is 16.1. The lowest BCUT2D eigenvalue weighted by molar-refractivity contribution is 0.0524. The molecular formula is C23H22BF2N3O5. The number of nitrogens with two attached hydrogens (primary N) is 1. The molecule has 11 heteroatoms. The molecule has 1 fully saturated rings. The Morgan fingerprint density at radius 1 is 1.32 bits per heavy atom. The summed E-state index contributed by atoms with van der Waals surface area (Å²) < 4.78 is 35.9. The Morgan fingerprint density at radius 2 is 2.00 bits per heavy atom. The van der Waals surface area contributed by atoms with E-state index in [-0.39, 0.29) is 64.3 Å². The minimum absolute atomic E-state index is 0.00651. The molecule has 1 aromatic heterocycles. The topological polar surface area (TPSA) is 118 Å². The van der Waals surface area contributed by atoms with E-state index in [1.54, 1.807) is 6.92 Å². The first kappa shape index (κ1) is 23.7. The third-order valence-electron chi connectivity index (χ3n) is 5.93. The third kappa shape index (κ3) is 3.61. The molecule has 0 aliphatic carbocycles. The Labute approximate surface area is 194 Å². The van der Waals surface area contributed by atoms with Crippen LogP contribution in [0.5, 0.6) is 0 Å². The highest BCUT2D eigenvalue weighted by molar-refractivity contribution is 6.42. The Kier molecular flexibility index (Phi) is 6.09. The van der Waals surface area contributed by atoms with Crippen LogP contribution >= 0.6 is 0 Å². The molecular weight excluding hydrogens is 447 g/mol. The zero-order chi connectivity index (χ0) is 24.9. The molecule has 2 aromatic carbocycles. The minimum Gasteiger partial charge on any atom is -0.462 e. The molecule has 34 heavy (non-hydrogen) atoms. The van der Waals surface area contributed by atoms with Crippen molar-refractivity contribution in [2.24, 2.45) is 0 Å². The smallest absolute Gasteiger partial charge is 0.343 e. The Balaban J connectivity index is 2.18. The molecule has 0 unspecified atom stereocenters. The maximum absolute atomic E-state index is 15.5. The van der Waals surface area contributed by atoms with Crippen molar-refractivity contribution < 1.29 is 28.5 Å². The van der Waals surface area contributed by atoms with E-state index in [0.717, 1.165) is 12.3 Å². The maximum atomic E-state index is 15.5. The van der Waals surface area contributed by atoms with E-state index in [2.05, 4.69) is 0 Å². The number of halogens is 2. The van der Waals surface area contributed by atoms with Crippen molar-refractivity contribution >= 4 is 41.6 Å². The zero-order valence-electron chi connectivity index (χ0n) is 18.6. The predicted octanol–water partition coefficient (Wildman–Crippen LogP) is 0.803. The summed E-state index contributed by atoms with van der Waals surface area (Å²) in [4.78, 5) is 27.4. The molecule has 4 N–H and O–H groups in total. The molecule has 1 aliphatic heterocycles. The van der Waals surface area contributed by atoms with E-state index in [9.17, 15) is 24.2 Å². The lowest BCUT2D eigenvalue weighted by Gasteiger charge is -2.39. The number of rotatable bonds is 5. The number of aliphatic hydroxyl groups is 2. The van der Waals surface area contributed by atoms with Crippen LogP contribution in [0.2, 0.25) is 0 Å². The number of aryl methyl sites for hydroxylation is 1. The maximum Gasteiger partial charge on any atom is 0.343 e. The van der Waals surface area contributed by atoms with Gasteiger partial charge in [0.1, 0.15) is 25.0 Å². The number of β-amino-alcohol motifs (C(OH)–C–C–N with tert-alkyl or cyclic N) is 1. The van der Waals surface area contributed by atoms with Crippen molar-refractivity contribution in [1.82, 2.24) is 4.57 Å². The van der Waals surface area contributed by atoms with Gasteiger partial charge in [0, 0.05) is 30.4 Å². The number of hydrogen-bond donors (Lipinski definition) is 3. The molecule has 2 heterocycles. The number of aliphatic hydroxyl groups excluding tert-OH is 2. The Morgan fingerprint density at radius 3 is 2.59 bits per heavy atom. The van der Waals surface area contributed by atoms with E-state index in [0.29, 0.717) is 0 Å². The number of benzene rings is 2. The van der Waals surface area contributed by atoms with Crippen LogP contribution in [0.3, 0.4) is 0 Å². The van der Waals surface area contributed by atoms with Crippen LogP contribution < -0.4 is 21.5 Å². The highest BCUT2D eigenvalue weighted by atomic mass is 19.1. The number of carbonyl (C=O) groups excluding carboxylic acids is 1. The number of aromatic nitrogens is 1.